The predicted octanol–water partition coefficient (Wildman–Crippen LogP) is 5.11. The van der Waals surface area contributed by atoms with Gasteiger partial charge in [0, 0.05) is 35.8 Å². The van der Waals surface area contributed by atoms with Gasteiger partial charge < -0.3 is 15.4 Å². The number of hydrogen-bond donors (Lipinski definition) is 3. The molecule has 1 atom stereocenters. The lowest BCUT2D eigenvalue weighted by Gasteiger charge is -2.23. The molecule has 0 aliphatic carbocycles. The zero-order valence-electron chi connectivity index (χ0n) is 21.6. The average molecular weight is 533 g/mol. The minimum atomic E-state index is -3.44. The molecule has 1 fully saturated rings. The summed E-state index contributed by atoms with van der Waals surface area (Å²) in [6.45, 7) is 5.71. The molecule has 1 aliphatic heterocycles. The van der Waals surface area contributed by atoms with Gasteiger partial charge in [0.25, 0.3) is 0 Å². The molecule has 0 bridgehead atoms. The molecule has 10 heteroatoms. The molecule has 1 unspecified atom stereocenters. The molecule has 0 amide bonds. The number of aryl methyl sites for hydroxylation is 1. The predicted molar refractivity (Wildman–Crippen MR) is 151 cm³/mol. The Balaban J connectivity index is 1.49. The van der Waals surface area contributed by atoms with Crippen LogP contribution in [-0.2, 0) is 10.0 Å². The molecule has 0 radical (unpaired) electrons. The second kappa shape index (κ2) is 11.3. The molecule has 1 saturated heterocycles. The number of ether oxygens (including phenoxy) is 1. The number of pyridine rings is 1. The van der Waals surface area contributed by atoms with E-state index < -0.39 is 10.0 Å². The lowest BCUT2D eigenvalue weighted by atomic mass is 10.0. The molecule has 9 nitrogen and oxygen atoms in total. The fraction of sp³-hybridized carbons (Fsp3) is 0.321. The van der Waals surface area contributed by atoms with E-state index in [9.17, 15) is 8.42 Å². The molecule has 38 heavy (non-hydrogen) atoms. The van der Waals surface area contributed by atoms with E-state index in [-0.39, 0.29) is 11.8 Å². The minimum absolute atomic E-state index is 0.0585. The Bertz CT molecular complexity index is 1540. The van der Waals surface area contributed by atoms with Crippen molar-refractivity contribution in [3.63, 3.8) is 0 Å². The van der Waals surface area contributed by atoms with Crippen LogP contribution in [0.25, 0.3) is 22.0 Å². The summed E-state index contributed by atoms with van der Waals surface area (Å²) in [5.41, 5.74) is 2.85. The van der Waals surface area contributed by atoms with Crippen LogP contribution in [0.15, 0.2) is 60.9 Å². The molecule has 4 aromatic rings. The summed E-state index contributed by atoms with van der Waals surface area (Å²) in [6.07, 6.45) is 6.13. The number of nitrogens with one attached hydrogen (secondary N) is 3. The number of sulfonamides is 1. The van der Waals surface area contributed by atoms with Crippen molar-refractivity contribution in [2.75, 3.05) is 28.9 Å². The zero-order valence-corrected chi connectivity index (χ0v) is 22.4. The molecule has 0 saturated carbocycles. The number of rotatable bonds is 9. The molecule has 2 aromatic heterocycles. The van der Waals surface area contributed by atoms with E-state index in [1.807, 2.05) is 56.3 Å². The maximum atomic E-state index is 12.5. The van der Waals surface area contributed by atoms with Crippen molar-refractivity contribution >= 4 is 32.4 Å². The average Bonchev–Trinajstić information content (AvgIpc) is 2.91. The van der Waals surface area contributed by atoms with Gasteiger partial charge in [0.2, 0.25) is 21.9 Å². The SMILES string of the molecule is CCCS(=O)(=O)Nc1cccc2c(Oc3ncccc3-c3ccnc(NC4CCCNC4)n3)c(C)ccc12. The van der Waals surface area contributed by atoms with Crippen molar-refractivity contribution in [1.82, 2.24) is 20.3 Å². The molecule has 5 rings (SSSR count). The molecule has 1 aliphatic rings. The van der Waals surface area contributed by atoms with Crippen LogP contribution in [0.4, 0.5) is 11.6 Å². The van der Waals surface area contributed by atoms with Gasteiger partial charge >= 0.3 is 0 Å². The van der Waals surface area contributed by atoms with Crippen molar-refractivity contribution in [2.24, 2.45) is 0 Å². The maximum absolute atomic E-state index is 12.5. The van der Waals surface area contributed by atoms with Crippen LogP contribution < -0.4 is 20.1 Å². The van der Waals surface area contributed by atoms with Gasteiger partial charge in [-0.2, -0.15) is 0 Å². The van der Waals surface area contributed by atoms with Crippen molar-refractivity contribution in [1.29, 1.82) is 0 Å². The van der Waals surface area contributed by atoms with Gasteiger partial charge in [-0.25, -0.2) is 23.4 Å². The zero-order chi connectivity index (χ0) is 26.5. The summed E-state index contributed by atoms with van der Waals surface area (Å²) in [5.74, 6) is 1.64. The van der Waals surface area contributed by atoms with Gasteiger partial charge in [0.15, 0.2) is 0 Å². The van der Waals surface area contributed by atoms with E-state index in [1.54, 1.807) is 18.5 Å². The first-order chi connectivity index (χ1) is 18.4. The second-order valence-corrected chi connectivity index (χ2v) is 11.3. The van der Waals surface area contributed by atoms with Crippen LogP contribution in [0, 0.1) is 6.92 Å². The van der Waals surface area contributed by atoms with Gasteiger partial charge in [-0.3, -0.25) is 4.72 Å². The highest BCUT2D eigenvalue weighted by Gasteiger charge is 2.18. The van der Waals surface area contributed by atoms with E-state index in [1.165, 1.54) is 0 Å². The molecular formula is C28H32N6O3S. The van der Waals surface area contributed by atoms with Crippen LogP contribution in [0.5, 0.6) is 11.6 Å². The van der Waals surface area contributed by atoms with Gasteiger partial charge in [-0.05, 0) is 62.6 Å². The van der Waals surface area contributed by atoms with Crippen LogP contribution in [0.1, 0.15) is 31.7 Å². The summed E-state index contributed by atoms with van der Waals surface area (Å²) in [6, 6.07) is 15.2. The van der Waals surface area contributed by atoms with Crippen LogP contribution in [-0.4, -0.2) is 48.3 Å². The third kappa shape index (κ3) is 5.87. The van der Waals surface area contributed by atoms with Crippen LogP contribution in [0.2, 0.25) is 0 Å². The van der Waals surface area contributed by atoms with Crippen molar-refractivity contribution in [3.05, 3.63) is 66.5 Å². The first-order valence-electron chi connectivity index (χ1n) is 12.9. The Hall–Kier alpha value is -3.76. The highest BCUT2D eigenvalue weighted by molar-refractivity contribution is 7.92. The Morgan fingerprint density at radius 3 is 2.76 bits per heavy atom. The fourth-order valence-electron chi connectivity index (χ4n) is 4.65. The monoisotopic (exact) mass is 532 g/mol. The molecule has 198 valence electrons. The Morgan fingerprint density at radius 2 is 1.95 bits per heavy atom. The highest BCUT2D eigenvalue weighted by Crippen LogP contribution is 2.38. The van der Waals surface area contributed by atoms with Gasteiger partial charge in [-0.15, -0.1) is 0 Å². The highest BCUT2D eigenvalue weighted by atomic mass is 32.2. The van der Waals surface area contributed by atoms with Crippen molar-refractivity contribution in [3.8, 4) is 22.9 Å². The number of fused-ring (bicyclic) bond motifs is 1. The normalized spacial score (nSPS) is 15.8. The maximum Gasteiger partial charge on any atom is 0.232 e. The van der Waals surface area contributed by atoms with E-state index in [0.717, 1.165) is 47.8 Å². The van der Waals surface area contributed by atoms with E-state index >= 15 is 0 Å². The summed E-state index contributed by atoms with van der Waals surface area (Å²) in [5, 5.41) is 8.35. The number of hydrogen-bond acceptors (Lipinski definition) is 8. The van der Waals surface area contributed by atoms with Gasteiger partial charge in [0.1, 0.15) is 5.75 Å². The molecule has 0 spiro atoms. The minimum Gasteiger partial charge on any atom is -0.437 e. The van der Waals surface area contributed by atoms with E-state index in [2.05, 4.69) is 25.3 Å². The number of anilines is 2. The number of aromatic nitrogens is 3. The van der Waals surface area contributed by atoms with Gasteiger partial charge in [-0.1, -0.05) is 31.2 Å². The lowest BCUT2D eigenvalue weighted by molar-refractivity contribution is 0.466. The Labute approximate surface area is 223 Å². The number of piperidine rings is 1. The summed E-state index contributed by atoms with van der Waals surface area (Å²) in [4.78, 5) is 13.7. The first-order valence-corrected chi connectivity index (χ1v) is 14.5. The molecule has 3 heterocycles. The topological polar surface area (TPSA) is 118 Å². The molecule has 2 aromatic carbocycles. The largest absolute Gasteiger partial charge is 0.437 e. The molecular weight excluding hydrogens is 500 g/mol. The third-order valence-electron chi connectivity index (χ3n) is 6.48. The number of benzene rings is 2. The number of nitrogens with zero attached hydrogens (tertiary/aromatic N) is 3. The Morgan fingerprint density at radius 1 is 1.05 bits per heavy atom. The summed E-state index contributed by atoms with van der Waals surface area (Å²) >= 11 is 0. The van der Waals surface area contributed by atoms with Crippen LogP contribution in [0.3, 0.4) is 0 Å². The van der Waals surface area contributed by atoms with Gasteiger partial charge in [0.05, 0.1) is 22.7 Å². The fourth-order valence-corrected chi connectivity index (χ4v) is 5.80. The quantitative estimate of drug-likeness (QED) is 0.272. The lowest BCUT2D eigenvalue weighted by Crippen LogP contribution is -2.38. The van der Waals surface area contributed by atoms with E-state index in [4.69, 9.17) is 9.72 Å². The summed E-state index contributed by atoms with van der Waals surface area (Å²) in [7, 11) is -3.44. The smallest absolute Gasteiger partial charge is 0.232 e. The Kier molecular flexibility index (Phi) is 7.71. The van der Waals surface area contributed by atoms with Crippen molar-refractivity contribution < 1.29 is 13.2 Å². The molecule has 3 N–H and O–H groups in total. The first kappa shape index (κ1) is 25.9. The summed E-state index contributed by atoms with van der Waals surface area (Å²) < 4.78 is 34.1. The van der Waals surface area contributed by atoms with Crippen molar-refractivity contribution in [2.45, 2.75) is 39.2 Å². The second-order valence-electron chi connectivity index (χ2n) is 9.44. The third-order valence-corrected chi connectivity index (χ3v) is 7.96. The van der Waals surface area contributed by atoms with Crippen LogP contribution >= 0.6 is 0 Å². The standard InChI is InChI=1S/C28H32N6O3S/c1-3-17-38(35,36)34-25-10-4-8-22-21(25)12-11-19(2)26(22)37-27-23(9-6-15-30-27)24-13-16-31-28(33-24)32-20-7-5-14-29-18-20/h4,6,8-13,15-16,20,29,34H,3,5,7,14,17-18H2,1-2H3,(H,31,32,33). The van der Waals surface area contributed by atoms with E-state index in [0.29, 0.717) is 35.4 Å².